The van der Waals surface area contributed by atoms with Crippen molar-refractivity contribution >= 4 is 5.84 Å². The van der Waals surface area contributed by atoms with E-state index in [0.717, 1.165) is 38.3 Å². The van der Waals surface area contributed by atoms with E-state index in [1.54, 1.807) is 0 Å². The van der Waals surface area contributed by atoms with Gasteiger partial charge in [0.05, 0.1) is 0 Å². The smallest absolute Gasteiger partial charge is 0.144 e. The zero-order valence-corrected chi connectivity index (χ0v) is 12.5. The summed E-state index contributed by atoms with van der Waals surface area (Å²) in [5.41, 5.74) is 5.44. The minimum absolute atomic E-state index is 0.202. The first-order valence-corrected chi connectivity index (χ1v) is 7.09. The molecule has 0 saturated heterocycles. The van der Waals surface area contributed by atoms with E-state index in [1.807, 2.05) is 13.8 Å². The topological polar surface area (TPSA) is 70.6 Å². The Kier molecular flexibility index (Phi) is 8.81. The average molecular weight is 257 g/mol. The molecule has 108 valence electrons. The molecule has 0 aromatic heterocycles. The number of nitrogens with zero attached hydrogens (tertiary/aromatic N) is 1. The molecule has 0 spiro atoms. The van der Waals surface area contributed by atoms with Crippen LogP contribution in [0.1, 0.15) is 59.8 Å². The second kappa shape index (κ2) is 9.20. The molecular formula is C14H31N3O. The van der Waals surface area contributed by atoms with Crippen LogP contribution in [0.25, 0.3) is 0 Å². The summed E-state index contributed by atoms with van der Waals surface area (Å²) in [7, 11) is 0. The summed E-state index contributed by atoms with van der Waals surface area (Å²) in [4.78, 5) is 0. The maximum absolute atomic E-state index is 8.67. The molecule has 0 amide bonds. The molecule has 0 aromatic rings. The van der Waals surface area contributed by atoms with Crippen molar-refractivity contribution in [3.8, 4) is 0 Å². The Morgan fingerprint density at radius 3 is 2.39 bits per heavy atom. The molecule has 0 aliphatic rings. The predicted molar refractivity (Wildman–Crippen MR) is 78.0 cm³/mol. The minimum atomic E-state index is -0.202. The maximum atomic E-state index is 8.67. The van der Waals surface area contributed by atoms with Crippen LogP contribution in [0.5, 0.6) is 0 Å². The Bertz CT molecular complexity index is 237. The molecule has 0 heterocycles. The lowest BCUT2D eigenvalue weighted by Gasteiger charge is -2.22. The van der Waals surface area contributed by atoms with Gasteiger partial charge < -0.3 is 16.3 Å². The lowest BCUT2D eigenvalue weighted by Crippen LogP contribution is -2.32. The Morgan fingerprint density at radius 1 is 1.22 bits per heavy atom. The predicted octanol–water partition coefficient (Wildman–Crippen LogP) is 2.96. The van der Waals surface area contributed by atoms with Gasteiger partial charge in [0.15, 0.2) is 0 Å². The lowest BCUT2D eigenvalue weighted by atomic mass is 9.86. The lowest BCUT2D eigenvalue weighted by molar-refractivity contribution is 0.304. The molecular weight excluding hydrogens is 226 g/mol. The molecule has 0 aliphatic heterocycles. The third kappa shape index (κ3) is 8.34. The Balaban J connectivity index is 3.46. The molecule has 0 saturated carbocycles. The highest BCUT2D eigenvalue weighted by Gasteiger charge is 2.22. The summed E-state index contributed by atoms with van der Waals surface area (Å²) in [5, 5.41) is 15.2. The number of amidine groups is 1. The Morgan fingerprint density at radius 2 is 1.83 bits per heavy atom. The van der Waals surface area contributed by atoms with E-state index in [2.05, 4.69) is 24.3 Å². The van der Waals surface area contributed by atoms with Gasteiger partial charge in [0, 0.05) is 5.41 Å². The van der Waals surface area contributed by atoms with E-state index >= 15 is 0 Å². The zero-order chi connectivity index (χ0) is 14.0. The summed E-state index contributed by atoms with van der Waals surface area (Å²) < 4.78 is 0. The molecule has 0 unspecified atom stereocenters. The van der Waals surface area contributed by atoms with E-state index < -0.39 is 0 Å². The normalized spacial score (nSPS) is 13.3. The van der Waals surface area contributed by atoms with Gasteiger partial charge in [-0.05, 0) is 44.7 Å². The molecule has 0 atom stereocenters. The second-order valence-electron chi connectivity index (χ2n) is 6.11. The van der Waals surface area contributed by atoms with Crippen LogP contribution in [-0.4, -0.2) is 24.1 Å². The summed E-state index contributed by atoms with van der Waals surface area (Å²) >= 11 is 0. The third-order valence-electron chi connectivity index (χ3n) is 3.34. The van der Waals surface area contributed by atoms with Crippen molar-refractivity contribution in [3.05, 3.63) is 0 Å². The monoisotopic (exact) mass is 257 g/mol. The van der Waals surface area contributed by atoms with Gasteiger partial charge in [0.25, 0.3) is 0 Å². The third-order valence-corrected chi connectivity index (χ3v) is 3.34. The highest BCUT2D eigenvalue weighted by atomic mass is 16.4. The molecule has 0 fully saturated rings. The van der Waals surface area contributed by atoms with Gasteiger partial charge >= 0.3 is 0 Å². The van der Waals surface area contributed by atoms with Gasteiger partial charge in [0.2, 0.25) is 0 Å². The van der Waals surface area contributed by atoms with Gasteiger partial charge in [-0.1, -0.05) is 39.3 Å². The standard InChI is InChI=1S/C14H31N3O/c1-12(2)8-7-11-16-10-6-5-9-14(3,4)13(15)17-18/h12,16,18H,5-11H2,1-4H3,(H2,15,17). The highest BCUT2D eigenvalue weighted by Crippen LogP contribution is 2.22. The van der Waals surface area contributed by atoms with Crippen molar-refractivity contribution in [1.29, 1.82) is 0 Å². The van der Waals surface area contributed by atoms with Crippen molar-refractivity contribution in [2.24, 2.45) is 22.2 Å². The highest BCUT2D eigenvalue weighted by molar-refractivity contribution is 5.85. The number of oxime groups is 1. The van der Waals surface area contributed by atoms with Gasteiger partial charge in [0.1, 0.15) is 5.84 Å². The number of hydrogen-bond donors (Lipinski definition) is 3. The van der Waals surface area contributed by atoms with Crippen molar-refractivity contribution < 1.29 is 5.21 Å². The van der Waals surface area contributed by atoms with Crippen LogP contribution in [0.2, 0.25) is 0 Å². The summed E-state index contributed by atoms with van der Waals surface area (Å²) in [5.74, 6) is 1.13. The summed E-state index contributed by atoms with van der Waals surface area (Å²) in [6.45, 7) is 10.7. The summed E-state index contributed by atoms with van der Waals surface area (Å²) in [6, 6.07) is 0. The molecule has 0 rings (SSSR count). The minimum Gasteiger partial charge on any atom is -0.409 e. The molecule has 4 nitrogen and oxygen atoms in total. The molecule has 0 bridgehead atoms. The van der Waals surface area contributed by atoms with Crippen molar-refractivity contribution in [2.75, 3.05) is 13.1 Å². The molecule has 0 aliphatic carbocycles. The molecule has 4 N–H and O–H groups in total. The molecule has 0 aromatic carbocycles. The van der Waals surface area contributed by atoms with Crippen LogP contribution < -0.4 is 11.1 Å². The number of nitrogens with one attached hydrogen (secondary N) is 1. The first-order valence-electron chi connectivity index (χ1n) is 7.09. The van der Waals surface area contributed by atoms with Gasteiger partial charge in [-0.25, -0.2) is 0 Å². The Hall–Kier alpha value is -0.770. The van der Waals surface area contributed by atoms with E-state index in [0.29, 0.717) is 5.84 Å². The fourth-order valence-electron chi connectivity index (χ4n) is 1.84. The van der Waals surface area contributed by atoms with Gasteiger partial charge in [-0.2, -0.15) is 0 Å². The zero-order valence-electron chi connectivity index (χ0n) is 12.5. The molecule has 18 heavy (non-hydrogen) atoms. The van der Waals surface area contributed by atoms with Crippen molar-refractivity contribution in [3.63, 3.8) is 0 Å². The number of unbranched alkanes of at least 4 members (excludes halogenated alkanes) is 1. The number of hydrogen-bond acceptors (Lipinski definition) is 3. The average Bonchev–Trinajstić information content (AvgIpc) is 2.30. The van der Waals surface area contributed by atoms with Gasteiger partial charge in [-0.3, -0.25) is 0 Å². The fraction of sp³-hybridized carbons (Fsp3) is 0.929. The van der Waals surface area contributed by atoms with E-state index in [1.165, 1.54) is 12.8 Å². The maximum Gasteiger partial charge on any atom is 0.144 e. The van der Waals surface area contributed by atoms with Crippen LogP contribution in [0.15, 0.2) is 5.16 Å². The number of rotatable bonds is 10. The van der Waals surface area contributed by atoms with Crippen LogP contribution >= 0.6 is 0 Å². The van der Waals surface area contributed by atoms with Gasteiger partial charge in [-0.15, -0.1) is 0 Å². The van der Waals surface area contributed by atoms with Crippen LogP contribution in [-0.2, 0) is 0 Å². The van der Waals surface area contributed by atoms with Crippen LogP contribution in [0.4, 0.5) is 0 Å². The van der Waals surface area contributed by atoms with E-state index in [4.69, 9.17) is 10.9 Å². The molecule has 0 radical (unpaired) electrons. The summed E-state index contributed by atoms with van der Waals surface area (Å²) in [6.07, 6.45) is 5.75. The van der Waals surface area contributed by atoms with Crippen molar-refractivity contribution in [1.82, 2.24) is 5.32 Å². The van der Waals surface area contributed by atoms with E-state index in [-0.39, 0.29) is 5.41 Å². The number of nitrogens with two attached hydrogens (primary N) is 1. The first-order chi connectivity index (χ1) is 8.40. The largest absolute Gasteiger partial charge is 0.409 e. The SMILES string of the molecule is CC(C)CCCNCCCCC(C)(C)C(N)=NO. The van der Waals surface area contributed by atoms with Crippen LogP contribution in [0.3, 0.4) is 0 Å². The second-order valence-corrected chi connectivity index (χ2v) is 6.11. The molecule has 4 heteroatoms. The van der Waals surface area contributed by atoms with Crippen molar-refractivity contribution in [2.45, 2.75) is 59.8 Å². The fourth-order valence-corrected chi connectivity index (χ4v) is 1.84. The quantitative estimate of drug-likeness (QED) is 0.185. The van der Waals surface area contributed by atoms with E-state index in [9.17, 15) is 0 Å². The Labute approximate surface area is 112 Å². The first kappa shape index (κ1) is 17.2. The van der Waals surface area contributed by atoms with Crippen LogP contribution in [0, 0.1) is 11.3 Å².